The van der Waals surface area contributed by atoms with Crippen molar-refractivity contribution in [1.29, 1.82) is 0 Å². The summed E-state index contributed by atoms with van der Waals surface area (Å²) in [5.41, 5.74) is 4.82. The van der Waals surface area contributed by atoms with E-state index in [2.05, 4.69) is 5.10 Å². The van der Waals surface area contributed by atoms with Gasteiger partial charge < -0.3 is 14.4 Å². The molecule has 2 aromatic carbocycles. The zero-order valence-electron chi connectivity index (χ0n) is 17.4. The second kappa shape index (κ2) is 8.16. The normalized spacial score (nSPS) is 12.3. The van der Waals surface area contributed by atoms with Crippen LogP contribution < -0.4 is 10.3 Å². The minimum Gasteiger partial charge on any atom is -0.494 e. The Labute approximate surface area is 175 Å². The molecule has 0 spiro atoms. The maximum atomic E-state index is 13.0. The first-order chi connectivity index (χ1) is 14.5. The van der Waals surface area contributed by atoms with E-state index in [0.717, 1.165) is 28.0 Å². The SMILES string of the molecule is CCOc1ccc(-c2cc3c(=O)n(C[C@H](O)c4cc(C)ccc4C)ccn3n2)cc1. The Balaban J connectivity index is 1.64. The zero-order chi connectivity index (χ0) is 21.3. The summed E-state index contributed by atoms with van der Waals surface area (Å²) < 4.78 is 8.59. The highest BCUT2D eigenvalue weighted by Gasteiger charge is 2.15. The molecule has 0 aliphatic carbocycles. The predicted molar refractivity (Wildman–Crippen MR) is 117 cm³/mol. The van der Waals surface area contributed by atoms with Crippen molar-refractivity contribution in [2.45, 2.75) is 33.4 Å². The van der Waals surface area contributed by atoms with Gasteiger partial charge in [0.1, 0.15) is 11.3 Å². The number of rotatable bonds is 6. The molecule has 0 aliphatic rings. The summed E-state index contributed by atoms with van der Waals surface area (Å²) in [7, 11) is 0. The van der Waals surface area contributed by atoms with E-state index in [1.807, 2.05) is 63.2 Å². The van der Waals surface area contributed by atoms with E-state index >= 15 is 0 Å². The van der Waals surface area contributed by atoms with Crippen molar-refractivity contribution in [1.82, 2.24) is 14.2 Å². The number of aromatic nitrogens is 3. The van der Waals surface area contributed by atoms with E-state index < -0.39 is 6.10 Å². The van der Waals surface area contributed by atoms with Crippen LogP contribution in [0.15, 0.2) is 65.7 Å². The van der Waals surface area contributed by atoms with Crippen molar-refractivity contribution >= 4 is 5.52 Å². The van der Waals surface area contributed by atoms with E-state index in [1.54, 1.807) is 23.0 Å². The lowest BCUT2D eigenvalue weighted by atomic mass is 10.0. The lowest BCUT2D eigenvalue weighted by Crippen LogP contribution is -2.24. The quantitative estimate of drug-likeness (QED) is 0.530. The summed E-state index contributed by atoms with van der Waals surface area (Å²) in [6.07, 6.45) is 2.64. The van der Waals surface area contributed by atoms with Crippen LogP contribution in [0.1, 0.15) is 29.7 Å². The number of aliphatic hydroxyl groups is 1. The predicted octanol–water partition coefficient (Wildman–Crippen LogP) is 3.91. The van der Waals surface area contributed by atoms with Gasteiger partial charge in [-0.2, -0.15) is 5.10 Å². The number of hydrogen-bond donors (Lipinski definition) is 1. The van der Waals surface area contributed by atoms with Crippen LogP contribution in [0.3, 0.4) is 0 Å². The van der Waals surface area contributed by atoms with Gasteiger partial charge in [0.2, 0.25) is 0 Å². The fourth-order valence-electron chi connectivity index (χ4n) is 3.60. The second-order valence-electron chi connectivity index (χ2n) is 7.45. The van der Waals surface area contributed by atoms with E-state index in [9.17, 15) is 9.90 Å². The molecule has 0 radical (unpaired) electrons. The molecule has 2 heterocycles. The summed E-state index contributed by atoms with van der Waals surface area (Å²) in [4.78, 5) is 13.0. The highest BCUT2D eigenvalue weighted by atomic mass is 16.5. The summed E-state index contributed by atoms with van der Waals surface area (Å²) in [5, 5.41) is 15.3. The summed E-state index contributed by atoms with van der Waals surface area (Å²) in [6, 6.07) is 15.4. The van der Waals surface area contributed by atoms with Gasteiger partial charge in [-0.1, -0.05) is 23.8 Å². The Morgan fingerprint density at radius 3 is 2.57 bits per heavy atom. The number of benzene rings is 2. The maximum Gasteiger partial charge on any atom is 0.276 e. The van der Waals surface area contributed by atoms with Crippen molar-refractivity contribution < 1.29 is 9.84 Å². The maximum absolute atomic E-state index is 13.0. The molecule has 0 amide bonds. The summed E-state index contributed by atoms with van der Waals surface area (Å²) >= 11 is 0. The molecule has 0 fully saturated rings. The van der Waals surface area contributed by atoms with Gasteiger partial charge in [0.05, 0.1) is 24.9 Å². The molecular weight excluding hydrogens is 378 g/mol. The smallest absolute Gasteiger partial charge is 0.276 e. The topological polar surface area (TPSA) is 68.8 Å². The Kier molecular flexibility index (Phi) is 5.42. The molecule has 0 unspecified atom stereocenters. The molecule has 6 heteroatoms. The average molecular weight is 403 g/mol. The average Bonchev–Trinajstić information content (AvgIpc) is 3.18. The van der Waals surface area contributed by atoms with E-state index in [-0.39, 0.29) is 12.1 Å². The van der Waals surface area contributed by atoms with Crippen LogP contribution in [0.4, 0.5) is 0 Å². The van der Waals surface area contributed by atoms with Crippen molar-refractivity contribution in [3.8, 4) is 17.0 Å². The lowest BCUT2D eigenvalue weighted by molar-refractivity contribution is 0.154. The first kappa shape index (κ1) is 19.9. The van der Waals surface area contributed by atoms with Crippen LogP contribution in [-0.4, -0.2) is 25.9 Å². The van der Waals surface area contributed by atoms with Gasteiger partial charge in [-0.25, -0.2) is 4.52 Å². The first-order valence-electron chi connectivity index (χ1n) is 10.0. The van der Waals surface area contributed by atoms with Crippen LogP contribution in [0.25, 0.3) is 16.8 Å². The Hall–Kier alpha value is -3.38. The van der Waals surface area contributed by atoms with Crippen LogP contribution in [-0.2, 0) is 6.54 Å². The standard InChI is InChI=1S/C24H25N3O3/c1-4-30-19-9-7-18(8-10-19)21-14-22-24(29)26(11-12-27(22)25-21)15-23(28)20-13-16(2)5-6-17(20)3/h5-14,23,28H,4,15H2,1-3H3/t23-/m0/s1. The van der Waals surface area contributed by atoms with Crippen molar-refractivity contribution in [2.24, 2.45) is 0 Å². The molecule has 1 N–H and O–H groups in total. The van der Waals surface area contributed by atoms with Gasteiger partial charge in [0.15, 0.2) is 0 Å². The highest BCUT2D eigenvalue weighted by Crippen LogP contribution is 2.23. The Morgan fingerprint density at radius 1 is 1.07 bits per heavy atom. The van der Waals surface area contributed by atoms with Crippen molar-refractivity contribution in [3.63, 3.8) is 0 Å². The van der Waals surface area contributed by atoms with E-state index in [1.165, 1.54) is 4.57 Å². The fourth-order valence-corrected chi connectivity index (χ4v) is 3.60. The largest absolute Gasteiger partial charge is 0.494 e. The lowest BCUT2D eigenvalue weighted by Gasteiger charge is -2.16. The van der Waals surface area contributed by atoms with E-state index in [0.29, 0.717) is 17.8 Å². The Morgan fingerprint density at radius 2 is 1.83 bits per heavy atom. The summed E-state index contributed by atoms with van der Waals surface area (Å²) in [6.45, 7) is 6.69. The number of fused-ring (bicyclic) bond motifs is 1. The van der Waals surface area contributed by atoms with Gasteiger partial charge in [-0.15, -0.1) is 0 Å². The molecule has 0 saturated carbocycles. The molecule has 4 rings (SSSR count). The van der Waals surface area contributed by atoms with Gasteiger partial charge in [-0.05, 0) is 62.2 Å². The molecule has 6 nitrogen and oxygen atoms in total. The molecule has 0 saturated heterocycles. The number of hydrogen-bond acceptors (Lipinski definition) is 4. The zero-order valence-corrected chi connectivity index (χ0v) is 17.4. The Bertz CT molecular complexity index is 1240. The number of aryl methyl sites for hydroxylation is 2. The molecular formula is C24H25N3O3. The van der Waals surface area contributed by atoms with Gasteiger partial charge in [0.25, 0.3) is 5.56 Å². The molecule has 0 bridgehead atoms. The van der Waals surface area contributed by atoms with Crippen molar-refractivity contribution in [2.75, 3.05) is 6.61 Å². The van der Waals surface area contributed by atoms with Gasteiger partial charge in [0, 0.05) is 18.0 Å². The minimum atomic E-state index is -0.765. The summed E-state index contributed by atoms with van der Waals surface area (Å²) in [5.74, 6) is 0.799. The van der Waals surface area contributed by atoms with Crippen LogP contribution >= 0.6 is 0 Å². The third-order valence-corrected chi connectivity index (χ3v) is 5.23. The number of nitrogens with zero attached hydrogens (tertiary/aromatic N) is 3. The minimum absolute atomic E-state index is 0.184. The molecule has 1 atom stereocenters. The molecule has 4 aromatic rings. The fraction of sp³-hybridized carbons (Fsp3) is 0.250. The monoisotopic (exact) mass is 403 g/mol. The van der Waals surface area contributed by atoms with E-state index in [4.69, 9.17) is 4.74 Å². The van der Waals surface area contributed by atoms with Crippen molar-refractivity contribution in [3.05, 3.63) is 88.0 Å². The first-order valence-corrected chi connectivity index (χ1v) is 10.0. The third-order valence-electron chi connectivity index (χ3n) is 5.23. The van der Waals surface area contributed by atoms with Crippen LogP contribution in [0.5, 0.6) is 5.75 Å². The molecule has 154 valence electrons. The van der Waals surface area contributed by atoms with Crippen LogP contribution in [0.2, 0.25) is 0 Å². The molecule has 30 heavy (non-hydrogen) atoms. The molecule has 2 aromatic heterocycles. The second-order valence-corrected chi connectivity index (χ2v) is 7.45. The molecule has 0 aliphatic heterocycles. The number of aliphatic hydroxyl groups excluding tert-OH is 1. The number of ether oxygens (including phenoxy) is 1. The van der Waals surface area contributed by atoms with Gasteiger partial charge >= 0.3 is 0 Å². The van der Waals surface area contributed by atoms with Crippen LogP contribution in [0, 0.1) is 13.8 Å². The van der Waals surface area contributed by atoms with Gasteiger partial charge in [-0.3, -0.25) is 4.79 Å². The highest BCUT2D eigenvalue weighted by molar-refractivity contribution is 5.66. The third kappa shape index (κ3) is 3.86.